The molecule has 0 rings (SSSR count). The minimum Gasteiger partial charge on any atom is -0.371 e. The Morgan fingerprint density at radius 1 is 1.56 bits per heavy atom. The number of hydrogen-bond acceptors (Lipinski definition) is 2. The maximum atomic E-state index is 4.90. The van der Waals surface area contributed by atoms with Gasteiger partial charge in [-0.05, 0) is 12.7 Å². The predicted octanol–water partition coefficient (Wildman–Crippen LogP) is 1.63. The summed E-state index contributed by atoms with van der Waals surface area (Å²) in [6.07, 6.45) is 0. The number of thiocarbonyl (C=S) groups is 1. The summed E-state index contributed by atoms with van der Waals surface area (Å²) in [4.78, 5) is 0. The third-order valence-electron chi connectivity index (χ3n) is 0.597. The second-order valence-corrected chi connectivity index (χ2v) is 3.19. The topological polar surface area (TPSA) is 12.0 Å². The summed E-state index contributed by atoms with van der Waals surface area (Å²) < 4.78 is 0.912. The van der Waals surface area contributed by atoms with Gasteiger partial charge in [-0.1, -0.05) is 30.9 Å². The van der Waals surface area contributed by atoms with Crippen molar-refractivity contribution in [3.63, 3.8) is 0 Å². The molecule has 0 fully saturated rings. The minimum absolute atomic E-state index is 0. The van der Waals surface area contributed by atoms with Crippen LogP contribution in [0.5, 0.6) is 0 Å². The van der Waals surface area contributed by atoms with Gasteiger partial charge >= 0.3 is 0 Å². The van der Waals surface area contributed by atoms with Crippen LogP contribution < -0.4 is 5.32 Å². The third kappa shape index (κ3) is 9.43. The molecule has 9 heavy (non-hydrogen) atoms. The molecule has 0 atom stereocenters. The number of thioether (sulfide) groups is 1. The van der Waals surface area contributed by atoms with Crippen molar-refractivity contribution in [2.45, 2.75) is 13.8 Å². The van der Waals surface area contributed by atoms with Gasteiger partial charge in [0, 0.05) is 42.1 Å². The van der Waals surface area contributed by atoms with Crippen LogP contribution in [0.15, 0.2) is 0 Å². The van der Waals surface area contributed by atoms with Crippen LogP contribution >= 0.6 is 24.0 Å². The summed E-state index contributed by atoms with van der Waals surface area (Å²) in [5.41, 5.74) is 0. The SMILES string of the molecule is CCNC(=S)SCC.[La]. The molecule has 1 N–H and O–H groups in total. The van der Waals surface area contributed by atoms with Crippen LogP contribution in [0, 0.1) is 35.6 Å². The second-order valence-electron chi connectivity index (χ2n) is 1.25. The number of rotatable bonds is 2. The van der Waals surface area contributed by atoms with Gasteiger partial charge in [-0.25, -0.2) is 0 Å². The van der Waals surface area contributed by atoms with E-state index in [2.05, 4.69) is 12.2 Å². The second kappa shape index (κ2) is 9.43. The molecular weight excluding hydrogens is 277 g/mol. The van der Waals surface area contributed by atoms with Crippen LogP contribution in [0.25, 0.3) is 0 Å². The van der Waals surface area contributed by atoms with Crippen LogP contribution in [0.3, 0.4) is 0 Å². The monoisotopic (exact) mass is 288 g/mol. The van der Waals surface area contributed by atoms with E-state index in [1.807, 2.05) is 6.92 Å². The van der Waals surface area contributed by atoms with Crippen molar-refractivity contribution in [3.8, 4) is 0 Å². The molecule has 1 radical (unpaired) electrons. The zero-order valence-electron chi connectivity index (χ0n) is 5.81. The molecule has 0 saturated carbocycles. The zero-order valence-corrected chi connectivity index (χ0v) is 11.1. The zero-order chi connectivity index (χ0) is 6.41. The van der Waals surface area contributed by atoms with Gasteiger partial charge in [0.2, 0.25) is 0 Å². The summed E-state index contributed by atoms with van der Waals surface area (Å²) in [6, 6.07) is 0. The summed E-state index contributed by atoms with van der Waals surface area (Å²) in [5, 5.41) is 3.04. The smallest absolute Gasteiger partial charge is 0.133 e. The van der Waals surface area contributed by atoms with E-state index in [1.165, 1.54) is 0 Å². The quantitative estimate of drug-likeness (QED) is 0.776. The molecule has 0 aromatic heterocycles. The van der Waals surface area contributed by atoms with Gasteiger partial charge < -0.3 is 5.32 Å². The van der Waals surface area contributed by atoms with Gasteiger partial charge in [-0.2, -0.15) is 0 Å². The van der Waals surface area contributed by atoms with Crippen LogP contribution in [0.1, 0.15) is 13.8 Å². The molecule has 0 unspecified atom stereocenters. The first-order valence-electron chi connectivity index (χ1n) is 2.71. The van der Waals surface area contributed by atoms with Crippen molar-refractivity contribution >= 4 is 28.3 Å². The van der Waals surface area contributed by atoms with Crippen molar-refractivity contribution in [2.75, 3.05) is 12.3 Å². The summed E-state index contributed by atoms with van der Waals surface area (Å²) in [5.74, 6) is 1.06. The third-order valence-corrected chi connectivity index (χ3v) is 1.79. The maximum Gasteiger partial charge on any atom is 0.133 e. The van der Waals surface area contributed by atoms with E-state index in [1.54, 1.807) is 11.8 Å². The standard InChI is InChI=1S/C5H11NS2.La/c1-3-6-5(7)8-4-2;/h3-4H2,1-2H3,(H,6,7);. The van der Waals surface area contributed by atoms with Crippen LogP contribution in [0.4, 0.5) is 0 Å². The van der Waals surface area contributed by atoms with Crippen LogP contribution in [-0.4, -0.2) is 16.6 Å². The Bertz CT molecular complexity index is 69.4. The molecule has 0 heterocycles. The summed E-state index contributed by atoms with van der Waals surface area (Å²) >= 11 is 6.58. The van der Waals surface area contributed by atoms with Crippen molar-refractivity contribution < 1.29 is 35.6 Å². The molecule has 0 aliphatic carbocycles. The molecule has 0 aromatic carbocycles. The molecule has 4 heteroatoms. The Morgan fingerprint density at radius 2 is 2.11 bits per heavy atom. The van der Waals surface area contributed by atoms with E-state index in [4.69, 9.17) is 12.2 Å². The summed E-state index contributed by atoms with van der Waals surface area (Å²) in [7, 11) is 0. The van der Waals surface area contributed by atoms with Gasteiger partial charge in [-0.15, -0.1) is 0 Å². The fourth-order valence-electron chi connectivity index (χ4n) is 0.326. The van der Waals surface area contributed by atoms with Gasteiger partial charge in [0.15, 0.2) is 0 Å². The average Bonchev–Trinajstić information content (AvgIpc) is 1.68. The molecule has 0 saturated heterocycles. The van der Waals surface area contributed by atoms with Crippen molar-refractivity contribution in [1.82, 2.24) is 5.32 Å². The Labute approximate surface area is 94.3 Å². The number of hydrogen-bond donors (Lipinski definition) is 1. The van der Waals surface area contributed by atoms with Crippen LogP contribution in [0.2, 0.25) is 0 Å². The van der Waals surface area contributed by atoms with Gasteiger partial charge in [0.05, 0.1) is 0 Å². The first kappa shape index (κ1) is 13.1. The van der Waals surface area contributed by atoms with Gasteiger partial charge in [0.25, 0.3) is 0 Å². The van der Waals surface area contributed by atoms with E-state index in [0.29, 0.717) is 0 Å². The maximum absolute atomic E-state index is 4.90. The minimum atomic E-state index is 0. The Balaban J connectivity index is 0. The normalized spacial score (nSPS) is 7.78. The molecule has 0 aliphatic heterocycles. The fourth-order valence-corrected chi connectivity index (χ4v) is 1.33. The molecular formula is C5H11LaNS2. The van der Waals surface area contributed by atoms with E-state index >= 15 is 0 Å². The van der Waals surface area contributed by atoms with Crippen molar-refractivity contribution in [3.05, 3.63) is 0 Å². The van der Waals surface area contributed by atoms with Gasteiger partial charge in [0.1, 0.15) is 4.32 Å². The van der Waals surface area contributed by atoms with E-state index in [-0.39, 0.29) is 35.6 Å². The number of nitrogens with one attached hydrogen (secondary N) is 1. The van der Waals surface area contributed by atoms with Gasteiger partial charge in [-0.3, -0.25) is 0 Å². The summed E-state index contributed by atoms with van der Waals surface area (Å²) in [6.45, 7) is 5.07. The first-order valence-corrected chi connectivity index (χ1v) is 4.11. The molecule has 0 amide bonds. The molecule has 0 aromatic rings. The van der Waals surface area contributed by atoms with Crippen molar-refractivity contribution in [1.29, 1.82) is 0 Å². The van der Waals surface area contributed by atoms with Crippen LogP contribution in [-0.2, 0) is 0 Å². The molecule has 51 valence electrons. The van der Waals surface area contributed by atoms with E-state index < -0.39 is 0 Å². The largest absolute Gasteiger partial charge is 0.371 e. The first-order chi connectivity index (χ1) is 3.81. The Hall–Kier alpha value is 1.43. The predicted molar refractivity (Wildman–Crippen MR) is 44.4 cm³/mol. The molecule has 1 nitrogen and oxygen atoms in total. The molecule has 0 spiro atoms. The average molecular weight is 288 g/mol. The molecule has 0 bridgehead atoms. The van der Waals surface area contributed by atoms with Crippen molar-refractivity contribution in [2.24, 2.45) is 0 Å². The molecule has 0 aliphatic rings. The van der Waals surface area contributed by atoms with E-state index in [0.717, 1.165) is 16.6 Å². The van der Waals surface area contributed by atoms with E-state index in [9.17, 15) is 0 Å². The Morgan fingerprint density at radius 3 is 2.44 bits per heavy atom. The Kier molecular flexibility index (Phi) is 13.7. The fraction of sp³-hybridized carbons (Fsp3) is 0.800.